The second kappa shape index (κ2) is 10.1. The van der Waals surface area contributed by atoms with Crippen LogP contribution in [0.4, 0.5) is 18.9 Å². The van der Waals surface area contributed by atoms with Crippen LogP contribution in [-0.2, 0) is 16.1 Å². The van der Waals surface area contributed by atoms with E-state index in [-0.39, 0.29) is 22.2 Å². The summed E-state index contributed by atoms with van der Waals surface area (Å²) < 4.78 is 39.1. The largest absolute Gasteiger partial charge is 0.493 e. The number of piperidine rings is 1. The van der Waals surface area contributed by atoms with Crippen molar-refractivity contribution in [1.82, 2.24) is 15.2 Å². The first-order valence-corrected chi connectivity index (χ1v) is 12.5. The molecule has 1 amide bonds. The van der Waals surface area contributed by atoms with Gasteiger partial charge in [0.25, 0.3) is 5.91 Å². The van der Waals surface area contributed by atoms with E-state index in [0.29, 0.717) is 31.0 Å². The zero-order chi connectivity index (χ0) is 26.3. The van der Waals surface area contributed by atoms with Crippen molar-refractivity contribution in [2.45, 2.75) is 31.6 Å². The number of aromatic nitrogens is 1. The lowest BCUT2D eigenvalue weighted by Gasteiger charge is -2.43. The maximum atomic E-state index is 13.0. The van der Waals surface area contributed by atoms with E-state index >= 15 is 0 Å². The second-order valence-electron chi connectivity index (χ2n) is 9.19. The van der Waals surface area contributed by atoms with E-state index in [1.54, 1.807) is 0 Å². The minimum absolute atomic E-state index is 0.0284. The topological polar surface area (TPSA) is 77.7 Å². The van der Waals surface area contributed by atoms with Gasteiger partial charge in [0.15, 0.2) is 0 Å². The molecule has 1 fully saturated rings. The highest BCUT2D eigenvalue weighted by Gasteiger charge is 2.47. The number of amides is 1. The fraction of sp³-hybridized carbons (Fsp3) is 0.360. The number of hydrogen-bond donors (Lipinski definition) is 2. The minimum atomic E-state index is -5.19. The molecule has 3 heterocycles. The maximum absolute atomic E-state index is 13.0. The summed E-state index contributed by atoms with van der Waals surface area (Å²) in [6.45, 7) is 2.15. The van der Waals surface area contributed by atoms with Gasteiger partial charge in [-0.25, -0.2) is 4.79 Å². The molecule has 5 rings (SSSR count). The van der Waals surface area contributed by atoms with Gasteiger partial charge in [-0.3, -0.25) is 4.79 Å². The van der Waals surface area contributed by atoms with Crippen molar-refractivity contribution in [3.63, 3.8) is 0 Å². The van der Waals surface area contributed by atoms with E-state index < -0.39 is 24.2 Å². The van der Waals surface area contributed by atoms with Crippen LogP contribution in [0.2, 0.25) is 10.0 Å². The molecule has 196 valence electrons. The van der Waals surface area contributed by atoms with Crippen molar-refractivity contribution < 1.29 is 27.6 Å². The molecule has 12 heteroatoms. The van der Waals surface area contributed by atoms with Gasteiger partial charge in [0.2, 0.25) is 0 Å². The third-order valence-corrected chi connectivity index (χ3v) is 7.46. The Morgan fingerprint density at radius 3 is 2.62 bits per heavy atom. The maximum Gasteiger partial charge on any atom is 0.493 e. The Bertz CT molecular complexity index is 1340. The van der Waals surface area contributed by atoms with Crippen molar-refractivity contribution in [3.05, 3.63) is 63.8 Å². The molecule has 1 unspecified atom stereocenters. The van der Waals surface area contributed by atoms with Crippen LogP contribution in [0.25, 0.3) is 10.9 Å². The zero-order valence-corrected chi connectivity index (χ0v) is 21.0. The van der Waals surface area contributed by atoms with Gasteiger partial charge in [-0.15, -0.1) is 0 Å². The van der Waals surface area contributed by atoms with Crippen LogP contribution in [0.3, 0.4) is 0 Å². The number of benzene rings is 2. The minimum Gasteiger partial charge on any atom is -0.361 e. The number of nitrogens with zero attached hydrogens (tertiary/aromatic N) is 2. The Morgan fingerprint density at radius 2 is 1.89 bits per heavy atom. The van der Waals surface area contributed by atoms with Gasteiger partial charge in [-0.1, -0.05) is 35.3 Å². The van der Waals surface area contributed by atoms with Gasteiger partial charge in [-0.05, 0) is 62.2 Å². The first-order valence-electron chi connectivity index (χ1n) is 11.8. The lowest BCUT2D eigenvalue weighted by molar-refractivity contribution is -0.203. The van der Waals surface area contributed by atoms with Crippen LogP contribution in [0.15, 0.2) is 42.6 Å². The van der Waals surface area contributed by atoms with E-state index in [1.807, 2.05) is 24.4 Å². The Hall–Kier alpha value is -2.95. The first kappa shape index (κ1) is 25.7. The molecule has 7 nitrogen and oxygen atoms in total. The number of fused-ring (bicyclic) bond motifs is 2. The zero-order valence-electron chi connectivity index (χ0n) is 19.4. The monoisotopic (exact) mass is 554 g/mol. The Balaban J connectivity index is 1.28. The highest BCUT2D eigenvalue weighted by molar-refractivity contribution is 6.34. The predicted octanol–water partition coefficient (Wildman–Crippen LogP) is 5.33. The van der Waals surface area contributed by atoms with Crippen molar-refractivity contribution in [2.75, 3.05) is 24.7 Å². The molecule has 2 N–H and O–H groups in total. The standard InChI is InChI=1S/C25H23Cl2F3N4O3/c26-16-4-5-17-15(13-31-19(17)12-16)8-11-33-9-6-14(7-10-33)22-32-23(35)21-18(27)2-1-3-20(21)34(22)37-24(36)25(28,29)30/h1-5,12-14,22,31H,6-11H2,(H,32,35). The van der Waals surface area contributed by atoms with Crippen molar-refractivity contribution in [3.8, 4) is 0 Å². The predicted molar refractivity (Wildman–Crippen MR) is 134 cm³/mol. The SMILES string of the molecule is O=C1NC(C2CCN(CCc3c[nH]c4cc(Cl)ccc34)CC2)N(OC(=O)C(F)(F)F)c2cccc(Cl)c21. The van der Waals surface area contributed by atoms with Crippen LogP contribution < -0.4 is 10.4 Å². The number of likely N-dealkylation sites (tertiary alicyclic amines) is 1. The highest BCUT2D eigenvalue weighted by atomic mass is 35.5. The summed E-state index contributed by atoms with van der Waals surface area (Å²) in [7, 11) is 0. The fourth-order valence-electron chi connectivity index (χ4n) is 5.03. The number of aromatic amines is 1. The average molecular weight is 555 g/mol. The molecule has 0 saturated carbocycles. The highest BCUT2D eigenvalue weighted by Crippen LogP contribution is 2.37. The van der Waals surface area contributed by atoms with Crippen LogP contribution in [0.1, 0.15) is 28.8 Å². The Morgan fingerprint density at radius 1 is 1.14 bits per heavy atom. The van der Waals surface area contributed by atoms with E-state index in [1.165, 1.54) is 23.8 Å². The lowest BCUT2D eigenvalue weighted by atomic mass is 9.91. The number of alkyl halides is 3. The van der Waals surface area contributed by atoms with Gasteiger partial charge >= 0.3 is 12.1 Å². The van der Waals surface area contributed by atoms with Crippen molar-refractivity contribution in [1.29, 1.82) is 0 Å². The van der Waals surface area contributed by atoms with E-state index in [4.69, 9.17) is 28.0 Å². The van der Waals surface area contributed by atoms with Gasteiger partial charge in [0.1, 0.15) is 6.17 Å². The summed E-state index contributed by atoms with van der Waals surface area (Å²) in [5, 5.41) is 5.40. The Kier molecular flexibility index (Phi) is 6.99. The van der Waals surface area contributed by atoms with Crippen LogP contribution in [0.5, 0.6) is 0 Å². The van der Waals surface area contributed by atoms with Gasteiger partial charge in [0.05, 0.1) is 16.3 Å². The smallest absolute Gasteiger partial charge is 0.361 e. The number of halogens is 5. The number of carbonyl (C=O) groups excluding carboxylic acids is 2. The van der Waals surface area contributed by atoms with Crippen molar-refractivity contribution in [2.24, 2.45) is 5.92 Å². The Labute approximate surface area is 220 Å². The molecular formula is C25H23Cl2F3N4O3. The summed E-state index contributed by atoms with van der Waals surface area (Å²) >= 11 is 12.2. The van der Waals surface area contributed by atoms with Crippen LogP contribution in [0, 0.1) is 5.92 Å². The van der Waals surface area contributed by atoms with E-state index in [2.05, 4.69) is 15.2 Å². The molecule has 0 bridgehead atoms. The van der Waals surface area contributed by atoms with Crippen LogP contribution >= 0.6 is 23.2 Å². The summed E-state index contributed by atoms with van der Waals surface area (Å²) in [6, 6.07) is 10.1. The number of H-pyrrole nitrogens is 1. The van der Waals surface area contributed by atoms with Gasteiger partial charge < -0.3 is 20.0 Å². The summed E-state index contributed by atoms with van der Waals surface area (Å²) in [4.78, 5) is 34.9. The summed E-state index contributed by atoms with van der Waals surface area (Å²) in [5.41, 5.74) is 2.14. The van der Waals surface area contributed by atoms with E-state index in [0.717, 1.165) is 28.9 Å². The number of anilines is 1. The number of nitrogens with one attached hydrogen (secondary N) is 2. The third kappa shape index (κ3) is 5.23. The molecule has 37 heavy (non-hydrogen) atoms. The van der Waals surface area contributed by atoms with Gasteiger partial charge in [-0.2, -0.15) is 18.2 Å². The molecule has 2 aliphatic rings. The van der Waals surface area contributed by atoms with E-state index in [9.17, 15) is 22.8 Å². The van der Waals surface area contributed by atoms with Crippen LogP contribution in [-0.4, -0.2) is 53.7 Å². The number of hydrogen-bond acceptors (Lipinski definition) is 5. The average Bonchev–Trinajstić information content (AvgIpc) is 3.25. The molecule has 0 aliphatic carbocycles. The molecule has 1 aromatic heterocycles. The third-order valence-electron chi connectivity index (χ3n) is 6.91. The fourth-order valence-corrected chi connectivity index (χ4v) is 5.46. The molecule has 1 atom stereocenters. The second-order valence-corrected chi connectivity index (χ2v) is 10.0. The molecule has 0 radical (unpaired) electrons. The molecule has 2 aliphatic heterocycles. The molecular weight excluding hydrogens is 532 g/mol. The number of carbonyl (C=O) groups is 2. The molecule has 3 aromatic rings. The molecule has 0 spiro atoms. The quantitative estimate of drug-likeness (QED) is 0.446. The number of hydroxylamine groups is 1. The first-order chi connectivity index (χ1) is 17.6. The van der Waals surface area contributed by atoms with Gasteiger partial charge in [0, 0.05) is 34.6 Å². The normalized spacial score (nSPS) is 19.1. The summed E-state index contributed by atoms with van der Waals surface area (Å²) in [6.07, 6.45) is -2.18. The summed E-state index contributed by atoms with van der Waals surface area (Å²) in [5.74, 6) is -3.13. The number of rotatable bonds is 5. The lowest BCUT2D eigenvalue weighted by Crippen LogP contribution is -2.59. The van der Waals surface area contributed by atoms with Crippen molar-refractivity contribution >= 4 is 51.7 Å². The molecule has 2 aromatic carbocycles. The molecule has 1 saturated heterocycles.